The fourth-order valence-electron chi connectivity index (χ4n) is 1.78. The van der Waals surface area contributed by atoms with Crippen molar-refractivity contribution in [2.24, 2.45) is 0 Å². The molecule has 0 aliphatic heterocycles. The number of hydrogen-bond acceptors (Lipinski definition) is 2. The molecule has 1 aromatic carbocycles. The van der Waals surface area contributed by atoms with Gasteiger partial charge in [0.15, 0.2) is 0 Å². The second-order valence-electron chi connectivity index (χ2n) is 4.20. The highest BCUT2D eigenvalue weighted by Crippen LogP contribution is 2.25. The van der Waals surface area contributed by atoms with E-state index in [0.29, 0.717) is 11.6 Å². The van der Waals surface area contributed by atoms with Gasteiger partial charge in [-0.05, 0) is 31.5 Å². The first-order valence-electron chi connectivity index (χ1n) is 5.79. The Kier molecular flexibility index (Phi) is 3.72. The van der Waals surface area contributed by atoms with Gasteiger partial charge in [0.2, 0.25) is 5.95 Å². The standard InChI is InChI=1S/C14H16ClN3/c1-4-7-16-14-17-11(3)9-18(14)13-8-10(2)5-6-12(13)15/h4-6,8-9H,1,7H2,2-3H3,(H,16,17). The molecule has 18 heavy (non-hydrogen) atoms. The maximum Gasteiger partial charge on any atom is 0.208 e. The minimum absolute atomic E-state index is 0.667. The lowest BCUT2D eigenvalue weighted by molar-refractivity contribution is 1.04. The molecule has 0 unspecified atom stereocenters. The van der Waals surface area contributed by atoms with Crippen LogP contribution >= 0.6 is 11.6 Å². The summed E-state index contributed by atoms with van der Waals surface area (Å²) >= 11 is 6.25. The van der Waals surface area contributed by atoms with Gasteiger partial charge in [0.25, 0.3) is 0 Å². The lowest BCUT2D eigenvalue weighted by Gasteiger charge is -2.10. The number of hydrogen-bond donors (Lipinski definition) is 1. The zero-order chi connectivity index (χ0) is 13.1. The average Bonchev–Trinajstić information content (AvgIpc) is 2.71. The van der Waals surface area contributed by atoms with Gasteiger partial charge in [-0.25, -0.2) is 4.98 Å². The van der Waals surface area contributed by atoms with Crippen molar-refractivity contribution in [2.45, 2.75) is 13.8 Å². The monoisotopic (exact) mass is 261 g/mol. The first-order valence-corrected chi connectivity index (χ1v) is 6.17. The van der Waals surface area contributed by atoms with Crippen LogP contribution in [0.4, 0.5) is 5.95 Å². The van der Waals surface area contributed by atoms with E-state index >= 15 is 0 Å². The van der Waals surface area contributed by atoms with E-state index < -0.39 is 0 Å². The number of aryl methyl sites for hydroxylation is 2. The lowest BCUT2D eigenvalue weighted by atomic mass is 10.2. The number of halogens is 1. The SMILES string of the molecule is C=CCNc1nc(C)cn1-c1cc(C)ccc1Cl. The van der Waals surface area contributed by atoms with E-state index in [9.17, 15) is 0 Å². The Bertz CT molecular complexity index is 572. The normalized spacial score (nSPS) is 10.4. The van der Waals surface area contributed by atoms with E-state index in [1.54, 1.807) is 6.08 Å². The molecule has 3 nitrogen and oxygen atoms in total. The van der Waals surface area contributed by atoms with Crippen LogP contribution in [0.1, 0.15) is 11.3 Å². The third-order valence-corrected chi connectivity index (χ3v) is 2.91. The van der Waals surface area contributed by atoms with E-state index in [4.69, 9.17) is 11.6 Å². The first-order chi connectivity index (χ1) is 8.61. The molecule has 0 radical (unpaired) electrons. The summed E-state index contributed by atoms with van der Waals surface area (Å²) in [5.74, 6) is 0.778. The van der Waals surface area contributed by atoms with Gasteiger partial charge < -0.3 is 5.32 Å². The predicted molar refractivity (Wildman–Crippen MR) is 76.7 cm³/mol. The smallest absolute Gasteiger partial charge is 0.208 e. The molecule has 0 bridgehead atoms. The number of benzene rings is 1. The maximum absolute atomic E-state index is 6.25. The van der Waals surface area contributed by atoms with Crippen molar-refractivity contribution in [3.63, 3.8) is 0 Å². The maximum atomic E-state index is 6.25. The van der Waals surface area contributed by atoms with Gasteiger partial charge in [0, 0.05) is 12.7 Å². The molecule has 2 rings (SSSR count). The number of rotatable bonds is 4. The van der Waals surface area contributed by atoms with Gasteiger partial charge in [0.1, 0.15) is 0 Å². The van der Waals surface area contributed by atoms with E-state index in [-0.39, 0.29) is 0 Å². The largest absolute Gasteiger partial charge is 0.352 e. The second-order valence-corrected chi connectivity index (χ2v) is 4.61. The van der Waals surface area contributed by atoms with Crippen molar-refractivity contribution in [1.82, 2.24) is 9.55 Å². The van der Waals surface area contributed by atoms with Crippen LogP contribution in [0, 0.1) is 13.8 Å². The van der Waals surface area contributed by atoms with Gasteiger partial charge in [-0.15, -0.1) is 6.58 Å². The summed E-state index contributed by atoms with van der Waals surface area (Å²) in [6, 6.07) is 5.94. The topological polar surface area (TPSA) is 29.9 Å². The fourth-order valence-corrected chi connectivity index (χ4v) is 1.99. The fraction of sp³-hybridized carbons (Fsp3) is 0.214. The van der Waals surface area contributed by atoms with E-state index in [2.05, 4.69) is 16.9 Å². The number of nitrogens with one attached hydrogen (secondary N) is 1. The molecule has 0 atom stereocenters. The summed E-state index contributed by atoms with van der Waals surface area (Å²) in [6.07, 6.45) is 3.76. The van der Waals surface area contributed by atoms with Crippen molar-refractivity contribution >= 4 is 17.5 Å². The Labute approximate surface area is 112 Å². The molecule has 0 aliphatic carbocycles. The summed E-state index contributed by atoms with van der Waals surface area (Å²) in [6.45, 7) is 8.36. The predicted octanol–water partition coefficient (Wildman–Crippen LogP) is 3.74. The summed E-state index contributed by atoms with van der Waals surface area (Å²) in [5.41, 5.74) is 3.04. The summed E-state index contributed by atoms with van der Waals surface area (Å²) in [7, 11) is 0. The summed E-state index contributed by atoms with van der Waals surface area (Å²) in [5, 5.41) is 3.91. The van der Waals surface area contributed by atoms with Crippen LogP contribution in [0.15, 0.2) is 37.1 Å². The highest BCUT2D eigenvalue weighted by Gasteiger charge is 2.10. The second kappa shape index (κ2) is 5.27. The minimum atomic E-state index is 0.667. The van der Waals surface area contributed by atoms with Crippen molar-refractivity contribution in [1.29, 1.82) is 0 Å². The molecule has 0 saturated heterocycles. The van der Waals surface area contributed by atoms with Crippen LogP contribution in [0.5, 0.6) is 0 Å². The van der Waals surface area contributed by atoms with Crippen LogP contribution in [-0.4, -0.2) is 16.1 Å². The molecule has 0 saturated carbocycles. The molecule has 94 valence electrons. The molecule has 1 aromatic heterocycles. The van der Waals surface area contributed by atoms with Gasteiger partial charge >= 0.3 is 0 Å². The van der Waals surface area contributed by atoms with Crippen LogP contribution in [-0.2, 0) is 0 Å². The van der Waals surface area contributed by atoms with Crippen LogP contribution in [0.2, 0.25) is 5.02 Å². The summed E-state index contributed by atoms with van der Waals surface area (Å²) < 4.78 is 1.97. The van der Waals surface area contributed by atoms with Gasteiger partial charge in [0.05, 0.1) is 16.4 Å². The summed E-state index contributed by atoms with van der Waals surface area (Å²) in [4.78, 5) is 4.44. The molecular formula is C14H16ClN3. The number of aromatic nitrogens is 2. The quantitative estimate of drug-likeness (QED) is 0.850. The third-order valence-electron chi connectivity index (χ3n) is 2.59. The molecule has 1 heterocycles. The first kappa shape index (κ1) is 12.7. The highest BCUT2D eigenvalue weighted by atomic mass is 35.5. The number of nitrogens with zero attached hydrogens (tertiary/aromatic N) is 2. The van der Waals surface area contributed by atoms with Crippen molar-refractivity contribution in [3.05, 3.63) is 53.3 Å². The number of imidazole rings is 1. The Hall–Kier alpha value is -1.74. The zero-order valence-corrected chi connectivity index (χ0v) is 11.3. The van der Waals surface area contributed by atoms with E-state index in [1.807, 2.05) is 42.8 Å². The van der Waals surface area contributed by atoms with Gasteiger partial charge in [-0.2, -0.15) is 0 Å². The van der Waals surface area contributed by atoms with Gasteiger partial charge in [-0.1, -0.05) is 23.7 Å². The molecule has 0 amide bonds. The molecular weight excluding hydrogens is 246 g/mol. The van der Waals surface area contributed by atoms with E-state index in [1.165, 1.54) is 0 Å². The number of anilines is 1. The van der Waals surface area contributed by atoms with Crippen molar-refractivity contribution in [3.8, 4) is 5.69 Å². The Morgan fingerprint density at radius 3 is 2.94 bits per heavy atom. The van der Waals surface area contributed by atoms with Gasteiger partial charge in [-0.3, -0.25) is 4.57 Å². The molecule has 0 fully saturated rings. The zero-order valence-electron chi connectivity index (χ0n) is 10.6. The van der Waals surface area contributed by atoms with Crippen LogP contribution in [0.25, 0.3) is 5.69 Å². The Morgan fingerprint density at radius 2 is 2.22 bits per heavy atom. The highest BCUT2D eigenvalue weighted by molar-refractivity contribution is 6.32. The average molecular weight is 262 g/mol. The third kappa shape index (κ3) is 2.57. The Balaban J connectivity index is 2.48. The molecule has 4 heteroatoms. The lowest BCUT2D eigenvalue weighted by Crippen LogP contribution is -2.06. The van der Waals surface area contributed by atoms with E-state index in [0.717, 1.165) is 22.9 Å². The van der Waals surface area contributed by atoms with Crippen LogP contribution < -0.4 is 5.32 Å². The molecule has 2 aromatic rings. The molecule has 1 N–H and O–H groups in total. The Morgan fingerprint density at radius 1 is 1.44 bits per heavy atom. The minimum Gasteiger partial charge on any atom is -0.352 e. The molecule has 0 aliphatic rings. The molecule has 0 spiro atoms. The van der Waals surface area contributed by atoms with Crippen LogP contribution in [0.3, 0.4) is 0 Å². The van der Waals surface area contributed by atoms with Crippen molar-refractivity contribution < 1.29 is 0 Å². The van der Waals surface area contributed by atoms with Crippen molar-refractivity contribution in [2.75, 3.05) is 11.9 Å².